The van der Waals surface area contributed by atoms with Crippen LogP contribution in [0.3, 0.4) is 0 Å². The molecule has 0 aromatic heterocycles. The summed E-state index contributed by atoms with van der Waals surface area (Å²) >= 11 is 0. The maximum atomic E-state index is 12.9. The third kappa shape index (κ3) is 8.33. The highest BCUT2D eigenvalue weighted by Gasteiger charge is 2.32. The van der Waals surface area contributed by atoms with Crippen molar-refractivity contribution in [3.05, 3.63) is 0 Å². The molecule has 30 heavy (non-hydrogen) atoms. The lowest BCUT2D eigenvalue weighted by molar-refractivity contribution is -0.0710. The lowest BCUT2D eigenvalue weighted by Crippen LogP contribution is -2.53. The summed E-state index contributed by atoms with van der Waals surface area (Å²) in [5.74, 6) is 0. The number of β-amino-alcohol motifs (C(OH)–C–C–N with tert-alkyl or cyclic N) is 1. The molecule has 0 bridgehead atoms. The number of amides is 2. The van der Waals surface area contributed by atoms with Gasteiger partial charge in [0.15, 0.2) is 0 Å². The Morgan fingerprint density at radius 2 is 1.70 bits per heavy atom. The molecule has 2 fully saturated rings. The second-order valence-electron chi connectivity index (χ2n) is 10.3. The van der Waals surface area contributed by atoms with Gasteiger partial charge in [-0.25, -0.2) is 4.79 Å². The quantitative estimate of drug-likeness (QED) is 0.424. The Balaban J connectivity index is 1.73. The van der Waals surface area contributed by atoms with E-state index in [1.54, 1.807) is 0 Å². The minimum atomic E-state index is -0.733. The molecule has 2 amide bonds. The number of hydrogen-bond donors (Lipinski definition) is 4. The number of nitrogens with zero attached hydrogens (tertiary/aromatic N) is 2. The van der Waals surface area contributed by atoms with Crippen molar-refractivity contribution >= 4 is 6.03 Å². The lowest BCUT2D eigenvalue weighted by Gasteiger charge is -2.39. The van der Waals surface area contributed by atoms with Crippen molar-refractivity contribution in [1.82, 2.24) is 15.1 Å². The summed E-state index contributed by atoms with van der Waals surface area (Å²) in [7, 11) is 0. The van der Waals surface area contributed by atoms with Crippen molar-refractivity contribution in [1.29, 1.82) is 0 Å². The molecule has 1 heterocycles. The van der Waals surface area contributed by atoms with E-state index in [1.165, 1.54) is 19.3 Å². The van der Waals surface area contributed by atoms with E-state index in [-0.39, 0.29) is 24.2 Å². The highest BCUT2D eigenvalue weighted by atomic mass is 16.3. The normalized spacial score (nSPS) is 26.5. The monoisotopic (exact) mass is 427 g/mol. The van der Waals surface area contributed by atoms with E-state index >= 15 is 0 Å². The maximum absolute atomic E-state index is 12.9. The first-order valence-electron chi connectivity index (χ1n) is 12.0. The Kier molecular flexibility index (Phi) is 10.3. The minimum absolute atomic E-state index is 0.0169. The summed E-state index contributed by atoms with van der Waals surface area (Å²) in [4.78, 5) is 17.0. The van der Waals surface area contributed by atoms with Gasteiger partial charge >= 0.3 is 6.03 Å². The van der Waals surface area contributed by atoms with Crippen LogP contribution >= 0.6 is 0 Å². The second kappa shape index (κ2) is 12.2. The van der Waals surface area contributed by atoms with Crippen LogP contribution in [0.1, 0.15) is 85.0 Å². The van der Waals surface area contributed by atoms with E-state index in [4.69, 9.17) is 0 Å². The van der Waals surface area contributed by atoms with Gasteiger partial charge in [0.05, 0.1) is 18.8 Å². The summed E-state index contributed by atoms with van der Waals surface area (Å²) in [6.07, 6.45) is 9.03. The van der Waals surface area contributed by atoms with Crippen LogP contribution < -0.4 is 5.32 Å². The molecule has 1 saturated heterocycles. The first kappa shape index (κ1) is 25.4. The highest BCUT2D eigenvalue weighted by molar-refractivity contribution is 5.75. The number of rotatable bonds is 9. The van der Waals surface area contributed by atoms with Crippen molar-refractivity contribution in [2.45, 2.75) is 115 Å². The van der Waals surface area contributed by atoms with E-state index in [2.05, 4.69) is 15.1 Å². The number of aliphatic hydroxyl groups is 3. The van der Waals surface area contributed by atoms with Gasteiger partial charge in [-0.1, -0.05) is 32.1 Å². The van der Waals surface area contributed by atoms with Crippen molar-refractivity contribution in [3.8, 4) is 0 Å². The van der Waals surface area contributed by atoms with Crippen LogP contribution in [0.25, 0.3) is 0 Å². The third-order valence-corrected chi connectivity index (χ3v) is 6.46. The molecule has 1 aliphatic heterocycles. The van der Waals surface area contributed by atoms with E-state index in [1.807, 2.05) is 20.8 Å². The Hall–Kier alpha value is -0.890. The zero-order chi connectivity index (χ0) is 22.1. The maximum Gasteiger partial charge on any atom is 0.318 e. The summed E-state index contributed by atoms with van der Waals surface area (Å²) in [5.41, 5.74) is -0.222. The number of urea groups is 1. The van der Waals surface area contributed by atoms with E-state index in [0.29, 0.717) is 19.0 Å². The number of hydrogen-bond acceptors (Lipinski definition) is 5. The average Bonchev–Trinajstić information content (AvgIpc) is 2.69. The molecule has 4 N–H and O–H groups in total. The van der Waals surface area contributed by atoms with Crippen LogP contribution in [0, 0.1) is 0 Å². The number of nitrogens with one attached hydrogen (secondary N) is 1. The lowest BCUT2D eigenvalue weighted by atomic mass is 9.94. The van der Waals surface area contributed by atoms with Crippen LogP contribution in [-0.2, 0) is 0 Å². The summed E-state index contributed by atoms with van der Waals surface area (Å²) in [5, 5.41) is 32.4. The SMILES string of the molecule is CC(C)(C)NC(=O)N(CCCCCCN1CC(O)C(O)CC1CO)C1CCCCC1. The average molecular weight is 428 g/mol. The molecule has 3 atom stereocenters. The Bertz CT molecular complexity index is 505. The standard InChI is InChI=1S/C23H45N3O4/c1-23(2,3)24-22(30)26(18-11-7-6-8-12-18)14-10-5-4-9-13-25-16-21(29)20(28)15-19(25)17-27/h18-21,27-29H,4-17H2,1-3H3,(H,24,30). The van der Waals surface area contributed by atoms with Gasteiger partial charge in [-0.3, -0.25) is 4.90 Å². The molecule has 0 spiro atoms. The number of unbranched alkanes of at least 4 members (excludes halogenated alkanes) is 3. The predicted molar refractivity (Wildman–Crippen MR) is 119 cm³/mol. The minimum Gasteiger partial charge on any atom is -0.395 e. The molecule has 3 unspecified atom stereocenters. The van der Waals surface area contributed by atoms with Gasteiger partial charge in [-0.05, 0) is 59.4 Å². The highest BCUT2D eigenvalue weighted by Crippen LogP contribution is 2.24. The van der Waals surface area contributed by atoms with Crippen LogP contribution in [-0.4, -0.2) is 87.2 Å². The molecule has 1 saturated carbocycles. The second-order valence-corrected chi connectivity index (χ2v) is 10.3. The van der Waals surface area contributed by atoms with Crippen molar-refractivity contribution in [2.24, 2.45) is 0 Å². The smallest absolute Gasteiger partial charge is 0.318 e. The van der Waals surface area contributed by atoms with E-state index < -0.39 is 12.2 Å². The van der Waals surface area contributed by atoms with E-state index in [0.717, 1.165) is 51.6 Å². The van der Waals surface area contributed by atoms with Crippen LogP contribution in [0.4, 0.5) is 4.79 Å². The van der Waals surface area contributed by atoms with Gasteiger partial charge in [-0.15, -0.1) is 0 Å². The fraction of sp³-hybridized carbons (Fsp3) is 0.957. The van der Waals surface area contributed by atoms with Crippen LogP contribution in [0.2, 0.25) is 0 Å². The Morgan fingerprint density at radius 1 is 1.03 bits per heavy atom. The summed E-state index contributed by atoms with van der Waals surface area (Å²) in [6.45, 7) is 8.16. The number of aliphatic hydroxyl groups excluding tert-OH is 3. The van der Waals surface area contributed by atoms with Gasteiger partial charge in [0.1, 0.15) is 0 Å². The van der Waals surface area contributed by atoms with E-state index in [9.17, 15) is 20.1 Å². The number of likely N-dealkylation sites (tertiary alicyclic amines) is 1. The fourth-order valence-electron chi connectivity index (χ4n) is 4.75. The third-order valence-electron chi connectivity index (χ3n) is 6.46. The molecule has 0 aromatic carbocycles. The van der Waals surface area contributed by atoms with Gasteiger partial charge in [0.2, 0.25) is 0 Å². The summed E-state index contributed by atoms with van der Waals surface area (Å²) in [6, 6.07) is 0.375. The first-order chi connectivity index (χ1) is 14.2. The molecule has 7 heteroatoms. The van der Waals surface area contributed by atoms with Crippen LogP contribution in [0.5, 0.6) is 0 Å². The molecule has 2 aliphatic rings. The zero-order valence-corrected chi connectivity index (χ0v) is 19.4. The fourth-order valence-corrected chi connectivity index (χ4v) is 4.75. The van der Waals surface area contributed by atoms with Gasteiger partial charge in [0, 0.05) is 30.7 Å². The number of piperidine rings is 1. The number of carbonyl (C=O) groups excluding carboxylic acids is 1. The summed E-state index contributed by atoms with van der Waals surface area (Å²) < 4.78 is 0. The predicted octanol–water partition coefficient (Wildman–Crippen LogP) is 2.48. The molecule has 1 aliphatic carbocycles. The molecular formula is C23H45N3O4. The first-order valence-corrected chi connectivity index (χ1v) is 12.0. The van der Waals surface area contributed by atoms with Crippen molar-refractivity contribution in [3.63, 3.8) is 0 Å². The topological polar surface area (TPSA) is 96.3 Å². The molecule has 0 radical (unpaired) electrons. The molecule has 0 aromatic rings. The van der Waals surface area contributed by atoms with Gasteiger partial charge in [0.25, 0.3) is 0 Å². The number of carbonyl (C=O) groups is 1. The van der Waals surface area contributed by atoms with Crippen LogP contribution in [0.15, 0.2) is 0 Å². The Morgan fingerprint density at radius 3 is 2.33 bits per heavy atom. The largest absolute Gasteiger partial charge is 0.395 e. The Labute approximate surface area is 182 Å². The van der Waals surface area contributed by atoms with Gasteiger partial charge in [-0.2, -0.15) is 0 Å². The molecular weight excluding hydrogens is 382 g/mol. The molecule has 2 rings (SSSR count). The van der Waals surface area contributed by atoms with Crippen molar-refractivity contribution in [2.75, 3.05) is 26.2 Å². The van der Waals surface area contributed by atoms with Gasteiger partial charge < -0.3 is 25.5 Å². The van der Waals surface area contributed by atoms with Crippen molar-refractivity contribution < 1.29 is 20.1 Å². The molecule has 7 nitrogen and oxygen atoms in total. The molecule has 176 valence electrons. The zero-order valence-electron chi connectivity index (χ0n) is 19.4.